The summed E-state index contributed by atoms with van der Waals surface area (Å²) < 4.78 is 4.91. The molecule has 0 aliphatic heterocycles. The number of rotatable bonds is 8. The minimum absolute atomic E-state index is 0. The van der Waals surface area contributed by atoms with E-state index >= 15 is 0 Å². The summed E-state index contributed by atoms with van der Waals surface area (Å²) in [6.45, 7) is 3.98. The molecule has 1 heterocycles. The van der Waals surface area contributed by atoms with Gasteiger partial charge in [-0.05, 0) is 32.6 Å². The van der Waals surface area contributed by atoms with Gasteiger partial charge in [0.05, 0.1) is 11.0 Å². The quantitative estimate of drug-likeness (QED) is 0.613. The third-order valence-corrected chi connectivity index (χ3v) is 5.68. The van der Waals surface area contributed by atoms with Crippen molar-refractivity contribution in [1.29, 1.82) is 0 Å². The number of nitrogens with one attached hydrogen (secondary N) is 2. The van der Waals surface area contributed by atoms with Crippen LogP contribution in [-0.4, -0.2) is 40.6 Å². The van der Waals surface area contributed by atoms with Crippen LogP contribution in [0.25, 0.3) is 0 Å². The van der Waals surface area contributed by atoms with E-state index in [1.54, 1.807) is 19.9 Å². The second kappa shape index (κ2) is 11.5. The molecule has 1 aliphatic rings. The lowest BCUT2D eigenvalue weighted by Gasteiger charge is -2.30. The Bertz CT molecular complexity index is 578. The van der Waals surface area contributed by atoms with Crippen molar-refractivity contribution in [1.82, 2.24) is 10.5 Å². The van der Waals surface area contributed by atoms with Crippen molar-refractivity contribution < 1.29 is 14.1 Å². The molecule has 2 rings (SSSR count). The number of nitrogens with two attached hydrogens (primary N) is 1. The van der Waals surface area contributed by atoms with Crippen LogP contribution in [0.5, 0.6) is 0 Å². The Morgan fingerprint density at radius 2 is 2.08 bits per heavy atom. The molecule has 0 bridgehead atoms. The number of aryl methyl sites for hydroxylation is 1. The molecular formula is C17H29ClN4O3S. The molecule has 1 saturated carbocycles. The highest BCUT2D eigenvalue weighted by atomic mass is 35.5. The van der Waals surface area contributed by atoms with Gasteiger partial charge in [-0.3, -0.25) is 9.59 Å². The molecule has 1 aliphatic carbocycles. The average molecular weight is 405 g/mol. The number of nitrogens with zero attached hydrogens (tertiary/aromatic N) is 1. The van der Waals surface area contributed by atoms with Crippen LogP contribution in [0.4, 0.5) is 5.82 Å². The molecule has 0 spiro atoms. The van der Waals surface area contributed by atoms with Crippen molar-refractivity contribution >= 4 is 41.8 Å². The van der Waals surface area contributed by atoms with Crippen LogP contribution < -0.4 is 16.4 Å². The third-order valence-electron chi connectivity index (χ3n) is 4.53. The lowest BCUT2D eigenvalue weighted by Crippen LogP contribution is -2.46. The standard InChI is InChI=1S/C17H28N4O3S.ClH/c1-11-8-15(21-24-11)20-17(23)12(2)25-10-16(22)19-14(9-18)13-6-4-3-5-7-13;/h8,12-14H,3-7,9-10,18H2,1-2H3,(H,19,22)(H,20,21,23);1H. The van der Waals surface area contributed by atoms with Crippen molar-refractivity contribution in [3.05, 3.63) is 11.8 Å². The Labute approximate surface area is 165 Å². The Kier molecular flexibility index (Phi) is 10.0. The van der Waals surface area contributed by atoms with Crippen LogP contribution >= 0.6 is 24.2 Å². The monoisotopic (exact) mass is 404 g/mol. The summed E-state index contributed by atoms with van der Waals surface area (Å²) in [5, 5.41) is 9.07. The summed E-state index contributed by atoms with van der Waals surface area (Å²) in [7, 11) is 0. The zero-order chi connectivity index (χ0) is 18.2. The van der Waals surface area contributed by atoms with Gasteiger partial charge < -0.3 is 20.9 Å². The molecule has 1 aromatic rings. The van der Waals surface area contributed by atoms with Gasteiger partial charge in [-0.1, -0.05) is 24.4 Å². The van der Waals surface area contributed by atoms with Crippen molar-refractivity contribution in [2.75, 3.05) is 17.6 Å². The van der Waals surface area contributed by atoms with Crippen molar-refractivity contribution in [2.45, 2.75) is 57.2 Å². The lowest BCUT2D eigenvalue weighted by molar-refractivity contribution is -0.119. The van der Waals surface area contributed by atoms with Gasteiger partial charge in [-0.2, -0.15) is 0 Å². The molecule has 2 unspecified atom stereocenters. The van der Waals surface area contributed by atoms with Crippen molar-refractivity contribution in [2.24, 2.45) is 11.7 Å². The Balaban J connectivity index is 0.00000338. The zero-order valence-corrected chi connectivity index (χ0v) is 17.0. The largest absolute Gasteiger partial charge is 0.360 e. The minimum Gasteiger partial charge on any atom is -0.360 e. The summed E-state index contributed by atoms with van der Waals surface area (Å²) in [5.41, 5.74) is 5.84. The van der Waals surface area contributed by atoms with Gasteiger partial charge in [0.25, 0.3) is 0 Å². The number of amides is 2. The molecule has 1 aromatic heterocycles. The normalized spacial score (nSPS) is 17.0. The van der Waals surface area contributed by atoms with Crippen LogP contribution in [0.2, 0.25) is 0 Å². The first-order chi connectivity index (χ1) is 12.0. The first-order valence-electron chi connectivity index (χ1n) is 8.84. The van der Waals surface area contributed by atoms with E-state index in [0.29, 0.717) is 24.0 Å². The van der Waals surface area contributed by atoms with E-state index in [9.17, 15) is 9.59 Å². The molecule has 7 nitrogen and oxygen atoms in total. The number of carbonyl (C=O) groups is 2. The van der Waals surface area contributed by atoms with Gasteiger partial charge >= 0.3 is 0 Å². The molecule has 9 heteroatoms. The van der Waals surface area contributed by atoms with Crippen LogP contribution in [-0.2, 0) is 9.59 Å². The molecule has 0 saturated heterocycles. The SMILES string of the molecule is Cc1cc(NC(=O)C(C)SCC(=O)NC(CN)C2CCCCC2)no1.Cl. The van der Waals surface area contributed by atoms with Gasteiger partial charge in [-0.15, -0.1) is 24.2 Å². The maximum absolute atomic E-state index is 12.2. The summed E-state index contributed by atoms with van der Waals surface area (Å²) in [6, 6.07) is 1.69. The Morgan fingerprint density at radius 1 is 1.38 bits per heavy atom. The summed E-state index contributed by atoms with van der Waals surface area (Å²) in [4.78, 5) is 24.3. The molecule has 148 valence electrons. The number of aromatic nitrogens is 1. The highest BCUT2D eigenvalue weighted by Crippen LogP contribution is 2.26. The fourth-order valence-electron chi connectivity index (χ4n) is 3.08. The molecule has 26 heavy (non-hydrogen) atoms. The van der Waals surface area contributed by atoms with Gasteiger partial charge in [0.1, 0.15) is 5.76 Å². The predicted octanol–water partition coefficient (Wildman–Crippen LogP) is 2.49. The van der Waals surface area contributed by atoms with Crippen LogP contribution in [0, 0.1) is 12.8 Å². The van der Waals surface area contributed by atoms with Gasteiger partial charge in [0, 0.05) is 18.7 Å². The molecule has 0 radical (unpaired) electrons. The number of hydrogen-bond donors (Lipinski definition) is 3. The third kappa shape index (κ3) is 7.17. The highest BCUT2D eigenvalue weighted by Gasteiger charge is 2.24. The van der Waals surface area contributed by atoms with E-state index in [4.69, 9.17) is 10.3 Å². The Hall–Kier alpha value is -1.25. The molecule has 0 aromatic carbocycles. The highest BCUT2D eigenvalue weighted by molar-refractivity contribution is 8.01. The van der Waals surface area contributed by atoms with E-state index in [0.717, 1.165) is 12.8 Å². The van der Waals surface area contributed by atoms with Crippen LogP contribution in [0.15, 0.2) is 10.6 Å². The predicted molar refractivity (Wildman–Crippen MR) is 107 cm³/mol. The van der Waals surface area contributed by atoms with Crippen LogP contribution in [0.1, 0.15) is 44.8 Å². The maximum atomic E-state index is 12.2. The van der Waals surface area contributed by atoms with Crippen molar-refractivity contribution in [3.63, 3.8) is 0 Å². The summed E-state index contributed by atoms with van der Waals surface area (Å²) in [6.07, 6.45) is 5.96. The van der Waals surface area contributed by atoms with E-state index in [1.165, 1.54) is 31.0 Å². The maximum Gasteiger partial charge on any atom is 0.238 e. The van der Waals surface area contributed by atoms with Crippen LogP contribution in [0.3, 0.4) is 0 Å². The average Bonchev–Trinajstić information content (AvgIpc) is 3.03. The second-order valence-corrected chi connectivity index (χ2v) is 7.90. The summed E-state index contributed by atoms with van der Waals surface area (Å²) >= 11 is 1.29. The van der Waals surface area contributed by atoms with Gasteiger partial charge in [0.15, 0.2) is 5.82 Å². The van der Waals surface area contributed by atoms with Crippen molar-refractivity contribution in [3.8, 4) is 0 Å². The topological polar surface area (TPSA) is 110 Å². The number of anilines is 1. The number of hydrogen-bond acceptors (Lipinski definition) is 6. The first kappa shape index (κ1) is 22.8. The number of thioether (sulfide) groups is 1. The lowest BCUT2D eigenvalue weighted by atomic mass is 9.84. The fourth-order valence-corrected chi connectivity index (χ4v) is 3.78. The molecule has 4 N–H and O–H groups in total. The van der Waals surface area contributed by atoms with E-state index in [-0.39, 0.29) is 41.3 Å². The van der Waals surface area contributed by atoms with E-state index in [2.05, 4.69) is 15.8 Å². The van der Waals surface area contributed by atoms with E-state index < -0.39 is 0 Å². The van der Waals surface area contributed by atoms with Gasteiger partial charge in [0.2, 0.25) is 11.8 Å². The molecule has 2 atom stereocenters. The number of carbonyl (C=O) groups excluding carboxylic acids is 2. The smallest absolute Gasteiger partial charge is 0.238 e. The zero-order valence-electron chi connectivity index (χ0n) is 15.3. The van der Waals surface area contributed by atoms with E-state index in [1.807, 2.05) is 0 Å². The molecule has 1 fully saturated rings. The number of halogens is 1. The molecule has 2 amide bonds. The fraction of sp³-hybridized carbons (Fsp3) is 0.706. The second-order valence-electron chi connectivity index (χ2n) is 6.57. The Morgan fingerprint density at radius 3 is 2.65 bits per heavy atom. The summed E-state index contributed by atoms with van der Waals surface area (Å²) in [5.74, 6) is 1.46. The van der Waals surface area contributed by atoms with Gasteiger partial charge in [-0.25, -0.2) is 0 Å². The minimum atomic E-state index is -0.367. The first-order valence-corrected chi connectivity index (χ1v) is 9.89. The molecular weight excluding hydrogens is 376 g/mol.